The van der Waals surface area contributed by atoms with Crippen molar-refractivity contribution in [2.45, 2.75) is 6.42 Å². The predicted molar refractivity (Wildman–Crippen MR) is 78.4 cm³/mol. The second-order valence-corrected chi connectivity index (χ2v) is 4.47. The topological polar surface area (TPSA) is 52.6 Å². The van der Waals surface area contributed by atoms with Crippen LogP contribution in [0, 0.1) is 0 Å². The van der Waals surface area contributed by atoms with Gasteiger partial charge < -0.3 is 9.47 Å². The molecule has 0 aliphatic carbocycles. The Labute approximate surface area is 123 Å². The van der Waals surface area contributed by atoms with Crippen LogP contribution in [0.4, 0.5) is 0 Å². The summed E-state index contributed by atoms with van der Waals surface area (Å²) in [6.07, 6.45) is 0.131. The lowest BCUT2D eigenvalue weighted by Gasteiger charge is -2.05. The molecule has 4 nitrogen and oxygen atoms in total. The van der Waals surface area contributed by atoms with E-state index in [2.05, 4.69) is 0 Å². The van der Waals surface area contributed by atoms with E-state index in [0.717, 1.165) is 11.3 Å². The van der Waals surface area contributed by atoms with E-state index in [9.17, 15) is 9.59 Å². The summed E-state index contributed by atoms with van der Waals surface area (Å²) in [4.78, 5) is 23.5. The van der Waals surface area contributed by atoms with Crippen LogP contribution in [-0.4, -0.2) is 25.5 Å². The van der Waals surface area contributed by atoms with Crippen LogP contribution in [0.15, 0.2) is 54.6 Å². The fourth-order valence-electron chi connectivity index (χ4n) is 1.81. The zero-order valence-electron chi connectivity index (χ0n) is 11.7. The van der Waals surface area contributed by atoms with E-state index in [0.29, 0.717) is 5.56 Å². The molecule has 2 aromatic carbocycles. The summed E-state index contributed by atoms with van der Waals surface area (Å²) in [7, 11) is 1.58. The first kappa shape index (κ1) is 14.8. The van der Waals surface area contributed by atoms with Crippen molar-refractivity contribution in [3.8, 4) is 5.75 Å². The fourth-order valence-corrected chi connectivity index (χ4v) is 1.81. The van der Waals surface area contributed by atoms with Gasteiger partial charge in [-0.15, -0.1) is 0 Å². The molecule has 0 aliphatic rings. The average Bonchev–Trinajstić information content (AvgIpc) is 2.54. The van der Waals surface area contributed by atoms with Crippen LogP contribution in [0.25, 0.3) is 0 Å². The van der Waals surface area contributed by atoms with Gasteiger partial charge in [0.05, 0.1) is 13.5 Å². The minimum absolute atomic E-state index is 0.131. The number of hydrogen-bond acceptors (Lipinski definition) is 4. The number of ketones is 1. The first-order chi connectivity index (χ1) is 10.2. The predicted octanol–water partition coefficient (Wildman–Crippen LogP) is 2.66. The van der Waals surface area contributed by atoms with Gasteiger partial charge in [-0.05, 0) is 17.7 Å². The minimum Gasteiger partial charge on any atom is -0.497 e. The molecule has 2 aromatic rings. The smallest absolute Gasteiger partial charge is 0.310 e. The molecule has 2 rings (SSSR count). The van der Waals surface area contributed by atoms with Crippen LogP contribution >= 0.6 is 0 Å². The first-order valence-electron chi connectivity index (χ1n) is 6.56. The number of hydrogen-bond donors (Lipinski definition) is 0. The van der Waals surface area contributed by atoms with E-state index in [1.54, 1.807) is 55.6 Å². The zero-order valence-corrected chi connectivity index (χ0v) is 11.7. The van der Waals surface area contributed by atoms with E-state index in [4.69, 9.17) is 9.47 Å². The fraction of sp³-hybridized carbons (Fsp3) is 0.176. The lowest BCUT2D eigenvalue weighted by Crippen LogP contribution is -2.15. The van der Waals surface area contributed by atoms with Crippen LogP contribution in [0.1, 0.15) is 15.9 Å². The maximum absolute atomic E-state index is 11.8. The monoisotopic (exact) mass is 284 g/mol. The summed E-state index contributed by atoms with van der Waals surface area (Å²) in [5.74, 6) is 0.0921. The quantitative estimate of drug-likeness (QED) is 0.604. The normalized spacial score (nSPS) is 9.95. The van der Waals surface area contributed by atoms with E-state index < -0.39 is 5.97 Å². The summed E-state index contributed by atoms with van der Waals surface area (Å²) in [5.41, 5.74) is 1.35. The van der Waals surface area contributed by atoms with Gasteiger partial charge in [-0.2, -0.15) is 0 Å². The summed E-state index contributed by atoms with van der Waals surface area (Å²) in [5, 5.41) is 0. The maximum atomic E-state index is 11.8. The largest absolute Gasteiger partial charge is 0.497 e. The van der Waals surface area contributed by atoms with Crippen molar-refractivity contribution in [3.05, 3.63) is 65.7 Å². The van der Waals surface area contributed by atoms with Crippen molar-refractivity contribution in [2.75, 3.05) is 13.7 Å². The maximum Gasteiger partial charge on any atom is 0.310 e. The number of methoxy groups -OCH3 is 1. The molecule has 0 aliphatic heterocycles. The Bertz CT molecular complexity index is 602. The van der Waals surface area contributed by atoms with Gasteiger partial charge in [0.25, 0.3) is 0 Å². The van der Waals surface area contributed by atoms with Gasteiger partial charge in [-0.1, -0.05) is 42.5 Å². The van der Waals surface area contributed by atoms with E-state index in [1.807, 2.05) is 6.07 Å². The molecule has 0 saturated heterocycles. The second kappa shape index (κ2) is 7.24. The highest BCUT2D eigenvalue weighted by atomic mass is 16.5. The highest BCUT2D eigenvalue weighted by molar-refractivity contribution is 5.97. The Hall–Kier alpha value is -2.62. The summed E-state index contributed by atoms with van der Waals surface area (Å²) in [6, 6.07) is 15.9. The molecule has 0 saturated carbocycles. The molecule has 0 unspecified atom stereocenters. The highest BCUT2D eigenvalue weighted by Crippen LogP contribution is 2.12. The van der Waals surface area contributed by atoms with Gasteiger partial charge in [-0.3, -0.25) is 9.59 Å². The van der Waals surface area contributed by atoms with Crippen LogP contribution in [-0.2, 0) is 16.0 Å². The van der Waals surface area contributed by atoms with Crippen molar-refractivity contribution >= 4 is 11.8 Å². The third-order valence-corrected chi connectivity index (χ3v) is 2.97. The van der Waals surface area contributed by atoms with Crippen LogP contribution in [0.2, 0.25) is 0 Å². The van der Waals surface area contributed by atoms with Gasteiger partial charge in [0.1, 0.15) is 5.75 Å². The highest BCUT2D eigenvalue weighted by Gasteiger charge is 2.10. The Morgan fingerprint density at radius 2 is 1.62 bits per heavy atom. The summed E-state index contributed by atoms with van der Waals surface area (Å²) in [6.45, 7) is -0.237. The zero-order chi connectivity index (χ0) is 15.1. The van der Waals surface area contributed by atoms with Gasteiger partial charge in [0.15, 0.2) is 12.4 Å². The lowest BCUT2D eigenvalue weighted by molar-refractivity contribution is -0.141. The molecule has 0 amide bonds. The van der Waals surface area contributed by atoms with Gasteiger partial charge in [-0.25, -0.2) is 0 Å². The number of ether oxygens (including phenoxy) is 2. The molecule has 4 heteroatoms. The number of carbonyl (C=O) groups is 2. The molecular weight excluding hydrogens is 268 g/mol. The third-order valence-electron chi connectivity index (χ3n) is 2.97. The molecule has 0 bridgehead atoms. The molecule has 0 fully saturated rings. The molecule has 108 valence electrons. The molecular formula is C17H16O4. The van der Waals surface area contributed by atoms with E-state index in [1.165, 1.54) is 0 Å². The van der Waals surface area contributed by atoms with Crippen LogP contribution in [0.3, 0.4) is 0 Å². The minimum atomic E-state index is -0.426. The number of esters is 1. The Morgan fingerprint density at radius 1 is 0.952 bits per heavy atom. The lowest BCUT2D eigenvalue weighted by atomic mass is 10.1. The van der Waals surface area contributed by atoms with Gasteiger partial charge >= 0.3 is 5.97 Å². The Balaban J connectivity index is 1.83. The average molecular weight is 284 g/mol. The van der Waals surface area contributed by atoms with Gasteiger partial charge in [0, 0.05) is 5.56 Å². The molecule has 0 atom stereocenters. The summed E-state index contributed by atoms with van der Waals surface area (Å²) < 4.78 is 10.0. The van der Waals surface area contributed by atoms with Crippen molar-refractivity contribution in [3.63, 3.8) is 0 Å². The SMILES string of the molecule is COc1ccc(CC(=O)OCC(=O)c2ccccc2)cc1. The third kappa shape index (κ3) is 4.45. The van der Waals surface area contributed by atoms with E-state index in [-0.39, 0.29) is 18.8 Å². The molecule has 0 radical (unpaired) electrons. The van der Waals surface area contributed by atoms with Crippen LogP contribution < -0.4 is 4.74 Å². The number of carbonyl (C=O) groups excluding carboxylic acids is 2. The first-order valence-corrected chi connectivity index (χ1v) is 6.56. The Kier molecular flexibility index (Phi) is 5.10. The molecule has 0 heterocycles. The van der Waals surface area contributed by atoms with Crippen molar-refractivity contribution in [1.29, 1.82) is 0 Å². The van der Waals surface area contributed by atoms with E-state index >= 15 is 0 Å². The summed E-state index contributed by atoms with van der Waals surface area (Å²) >= 11 is 0. The standard InChI is InChI=1S/C17H16O4/c1-20-15-9-7-13(8-10-15)11-17(19)21-12-16(18)14-5-3-2-4-6-14/h2-10H,11-12H2,1H3. The Morgan fingerprint density at radius 3 is 2.24 bits per heavy atom. The molecule has 21 heavy (non-hydrogen) atoms. The molecule has 0 aromatic heterocycles. The van der Waals surface area contributed by atoms with Crippen molar-refractivity contribution < 1.29 is 19.1 Å². The number of rotatable bonds is 6. The number of Topliss-reactive ketones (excluding diaryl/α,β-unsaturated/α-hetero) is 1. The number of benzene rings is 2. The second-order valence-electron chi connectivity index (χ2n) is 4.47. The molecule has 0 N–H and O–H groups in total. The van der Waals surface area contributed by atoms with Crippen molar-refractivity contribution in [1.82, 2.24) is 0 Å². The van der Waals surface area contributed by atoms with Crippen molar-refractivity contribution in [2.24, 2.45) is 0 Å². The molecule has 0 spiro atoms. The van der Waals surface area contributed by atoms with Gasteiger partial charge in [0.2, 0.25) is 0 Å². The van der Waals surface area contributed by atoms with Crippen LogP contribution in [0.5, 0.6) is 5.75 Å².